The minimum atomic E-state index is -0.972. The third-order valence-electron chi connectivity index (χ3n) is 8.22. The van der Waals surface area contributed by atoms with Gasteiger partial charge in [0.15, 0.2) is 5.60 Å². The number of ether oxygens (including phenoxy) is 2. The quantitative estimate of drug-likeness (QED) is 0.382. The molecule has 3 unspecified atom stereocenters. The second-order valence-corrected chi connectivity index (χ2v) is 10.5. The van der Waals surface area contributed by atoms with Crippen molar-refractivity contribution >= 4 is 17.3 Å². The highest BCUT2D eigenvalue weighted by Gasteiger charge is 2.58. The number of anilines is 2. The third-order valence-corrected chi connectivity index (χ3v) is 8.22. The number of hydrogen-bond donors (Lipinski definition) is 1. The number of hydrogen-bond acceptors (Lipinski definition) is 5. The molecule has 0 saturated heterocycles. The lowest BCUT2D eigenvalue weighted by atomic mass is 9.69. The maximum atomic E-state index is 13.3. The molecule has 5 nitrogen and oxygen atoms in total. The van der Waals surface area contributed by atoms with Crippen molar-refractivity contribution in [3.05, 3.63) is 112 Å². The van der Waals surface area contributed by atoms with Gasteiger partial charge in [0.1, 0.15) is 11.9 Å². The van der Waals surface area contributed by atoms with Crippen LogP contribution in [0.2, 0.25) is 0 Å². The lowest BCUT2D eigenvalue weighted by Gasteiger charge is -2.46. The van der Waals surface area contributed by atoms with Crippen LogP contribution in [0.4, 0.5) is 11.4 Å². The molecule has 1 N–H and O–H groups in total. The zero-order chi connectivity index (χ0) is 26.6. The number of benzene rings is 3. The fraction of sp³-hybridized carbons (Fsp3) is 0.303. The number of aryl methyl sites for hydroxylation is 2. The van der Waals surface area contributed by atoms with Gasteiger partial charge < -0.3 is 19.7 Å². The van der Waals surface area contributed by atoms with Crippen LogP contribution in [0, 0.1) is 19.8 Å². The molecular formula is C33H34N2O3. The predicted octanol–water partition coefficient (Wildman–Crippen LogP) is 6.90. The Morgan fingerprint density at radius 3 is 2.47 bits per heavy atom. The number of fused-ring (bicyclic) bond motifs is 6. The van der Waals surface area contributed by atoms with Crippen LogP contribution in [0.15, 0.2) is 84.1 Å². The number of rotatable bonds is 5. The van der Waals surface area contributed by atoms with Crippen molar-refractivity contribution in [2.75, 3.05) is 23.3 Å². The van der Waals surface area contributed by atoms with Crippen molar-refractivity contribution in [3.63, 3.8) is 0 Å². The van der Waals surface area contributed by atoms with Gasteiger partial charge in [-0.25, -0.2) is 4.79 Å². The van der Waals surface area contributed by atoms with E-state index in [0.717, 1.165) is 52.6 Å². The van der Waals surface area contributed by atoms with Crippen molar-refractivity contribution in [2.24, 2.45) is 5.92 Å². The maximum Gasteiger partial charge on any atom is 0.339 e. The van der Waals surface area contributed by atoms with Crippen LogP contribution in [0.1, 0.15) is 53.4 Å². The summed E-state index contributed by atoms with van der Waals surface area (Å²) in [5.74, 6) is 0.242. The molecule has 0 amide bonds. The van der Waals surface area contributed by atoms with Crippen LogP contribution in [0.5, 0.6) is 5.75 Å². The highest BCUT2D eigenvalue weighted by atomic mass is 16.6. The Morgan fingerprint density at radius 2 is 1.71 bits per heavy atom. The van der Waals surface area contributed by atoms with Gasteiger partial charge in [0.2, 0.25) is 0 Å². The molecule has 194 valence electrons. The van der Waals surface area contributed by atoms with E-state index in [1.165, 1.54) is 11.1 Å². The van der Waals surface area contributed by atoms with E-state index in [1.54, 1.807) is 0 Å². The molecule has 3 aromatic rings. The fourth-order valence-electron chi connectivity index (χ4n) is 6.26. The Hall–Kier alpha value is -3.99. The summed E-state index contributed by atoms with van der Waals surface area (Å²) >= 11 is 0. The lowest BCUT2D eigenvalue weighted by Crippen LogP contribution is -2.49. The molecule has 3 aromatic carbocycles. The van der Waals surface area contributed by atoms with Crippen molar-refractivity contribution < 1.29 is 14.3 Å². The highest BCUT2D eigenvalue weighted by molar-refractivity contribution is 5.96. The number of nitrogens with zero attached hydrogens (tertiary/aromatic N) is 1. The Bertz CT molecular complexity index is 1500. The maximum absolute atomic E-state index is 13.3. The van der Waals surface area contributed by atoms with Crippen molar-refractivity contribution in [3.8, 4) is 5.75 Å². The van der Waals surface area contributed by atoms with E-state index in [4.69, 9.17) is 9.47 Å². The van der Waals surface area contributed by atoms with Gasteiger partial charge in [-0.1, -0.05) is 35.9 Å². The van der Waals surface area contributed by atoms with E-state index in [9.17, 15) is 4.79 Å². The van der Waals surface area contributed by atoms with Gasteiger partial charge in [-0.05, 0) is 82.2 Å². The molecule has 3 aliphatic rings. The summed E-state index contributed by atoms with van der Waals surface area (Å²) in [7, 11) is 0. The second-order valence-electron chi connectivity index (χ2n) is 10.5. The van der Waals surface area contributed by atoms with E-state index < -0.39 is 5.60 Å². The molecule has 0 fully saturated rings. The molecule has 1 spiro atoms. The number of nitrogens with one attached hydrogen (secondary N) is 1. The van der Waals surface area contributed by atoms with E-state index in [0.29, 0.717) is 5.56 Å². The normalized spacial score (nSPS) is 22.9. The molecule has 0 radical (unpaired) electrons. The first-order valence-electron chi connectivity index (χ1n) is 13.5. The van der Waals surface area contributed by atoms with Gasteiger partial charge in [0, 0.05) is 47.4 Å². The van der Waals surface area contributed by atoms with Crippen LogP contribution in [-0.4, -0.2) is 25.2 Å². The van der Waals surface area contributed by atoms with Crippen molar-refractivity contribution in [1.82, 2.24) is 0 Å². The molecular weight excluding hydrogens is 472 g/mol. The zero-order valence-electron chi connectivity index (χ0n) is 22.7. The highest BCUT2D eigenvalue weighted by Crippen LogP contribution is 2.56. The molecule has 6 rings (SSSR count). The summed E-state index contributed by atoms with van der Waals surface area (Å²) in [6.07, 6.45) is 4.09. The van der Waals surface area contributed by atoms with Gasteiger partial charge in [-0.3, -0.25) is 0 Å². The summed E-state index contributed by atoms with van der Waals surface area (Å²) in [4.78, 5) is 15.6. The van der Waals surface area contributed by atoms with E-state index in [2.05, 4.69) is 93.4 Å². The third kappa shape index (κ3) is 3.64. The monoisotopic (exact) mass is 506 g/mol. The van der Waals surface area contributed by atoms with E-state index in [-0.39, 0.29) is 18.0 Å². The molecule has 0 aromatic heterocycles. The largest absolute Gasteiger partial charge is 0.485 e. The van der Waals surface area contributed by atoms with Crippen LogP contribution < -0.4 is 15.0 Å². The van der Waals surface area contributed by atoms with Crippen LogP contribution in [0.3, 0.4) is 0 Å². The molecule has 5 heteroatoms. The van der Waals surface area contributed by atoms with Gasteiger partial charge in [-0.15, -0.1) is 0 Å². The Kier molecular flexibility index (Phi) is 5.82. The summed E-state index contributed by atoms with van der Waals surface area (Å²) in [5.41, 5.74) is 8.12. The summed E-state index contributed by atoms with van der Waals surface area (Å²) in [6, 6.07) is 20.5. The smallest absolute Gasteiger partial charge is 0.339 e. The molecule has 3 atom stereocenters. The Balaban J connectivity index is 1.52. The van der Waals surface area contributed by atoms with Gasteiger partial charge in [0.05, 0.1) is 11.5 Å². The standard InChI is InChI=1S/C33H34N2O3/c1-6-35(7-2)23-13-14-26-31(18-23)37-30-17-22(5)29(34-28-15-12-20(3)16-21(28)4)19-27(30)33(26)25-11-9-8-10-24(25)32(36)38-33/h8-19,27,30,34H,6-7H2,1-5H3. The Labute approximate surface area is 224 Å². The predicted molar refractivity (Wildman–Crippen MR) is 152 cm³/mol. The average molecular weight is 507 g/mol. The summed E-state index contributed by atoms with van der Waals surface area (Å²) < 4.78 is 13.1. The first-order valence-corrected chi connectivity index (χ1v) is 13.5. The zero-order valence-corrected chi connectivity index (χ0v) is 22.7. The Morgan fingerprint density at radius 1 is 0.921 bits per heavy atom. The molecule has 38 heavy (non-hydrogen) atoms. The average Bonchev–Trinajstić information content (AvgIpc) is 3.20. The molecule has 1 aliphatic carbocycles. The minimum Gasteiger partial charge on any atom is -0.485 e. The van der Waals surface area contributed by atoms with Crippen LogP contribution in [-0.2, 0) is 10.3 Å². The topological polar surface area (TPSA) is 50.8 Å². The number of allylic oxidation sites excluding steroid dienone is 1. The minimum absolute atomic E-state index is 0.237. The van der Waals surface area contributed by atoms with Crippen molar-refractivity contribution in [2.45, 2.75) is 46.3 Å². The van der Waals surface area contributed by atoms with E-state index in [1.807, 2.05) is 24.3 Å². The number of carbonyl (C=O) groups is 1. The van der Waals surface area contributed by atoms with Crippen LogP contribution in [0.25, 0.3) is 0 Å². The molecule has 2 aliphatic heterocycles. The van der Waals surface area contributed by atoms with Gasteiger partial charge in [-0.2, -0.15) is 0 Å². The van der Waals surface area contributed by atoms with Gasteiger partial charge >= 0.3 is 5.97 Å². The first kappa shape index (κ1) is 24.4. The van der Waals surface area contributed by atoms with Crippen LogP contribution >= 0.6 is 0 Å². The summed E-state index contributed by atoms with van der Waals surface area (Å²) in [6.45, 7) is 12.4. The van der Waals surface area contributed by atoms with Gasteiger partial charge in [0.25, 0.3) is 0 Å². The summed E-state index contributed by atoms with van der Waals surface area (Å²) in [5, 5.41) is 3.65. The van der Waals surface area contributed by atoms with Crippen molar-refractivity contribution in [1.29, 1.82) is 0 Å². The molecule has 0 saturated carbocycles. The molecule has 0 bridgehead atoms. The molecule has 2 heterocycles. The second kappa shape index (κ2) is 9.09. The lowest BCUT2D eigenvalue weighted by molar-refractivity contribution is -0.0420. The fourth-order valence-corrected chi connectivity index (χ4v) is 6.26. The number of carbonyl (C=O) groups excluding carboxylic acids is 1. The van der Waals surface area contributed by atoms with E-state index >= 15 is 0 Å². The SMILES string of the molecule is CCN(CC)c1ccc2c(c1)OC1C=C(C)C(Nc3ccc(C)cc3C)=CC1C21OC(=O)c2ccccc21. The first-order chi connectivity index (χ1) is 18.3. The number of esters is 1.